The van der Waals surface area contributed by atoms with Crippen LogP contribution in [0.5, 0.6) is 0 Å². The monoisotopic (exact) mass is 646 g/mol. The lowest BCUT2D eigenvalue weighted by atomic mass is 9.96. The Morgan fingerprint density at radius 2 is 1.63 bits per heavy atom. The van der Waals surface area contributed by atoms with Crippen molar-refractivity contribution >= 4 is 45.0 Å². The van der Waals surface area contributed by atoms with Crippen LogP contribution in [0, 0.1) is 5.92 Å². The summed E-state index contributed by atoms with van der Waals surface area (Å²) in [6, 6.07) is 15.3. The molecule has 0 saturated carbocycles. The molecule has 3 aromatic rings. The second kappa shape index (κ2) is 13.0. The van der Waals surface area contributed by atoms with E-state index >= 15 is 0 Å². The quantitative estimate of drug-likeness (QED) is 0.306. The van der Waals surface area contributed by atoms with Crippen LogP contribution < -0.4 is 9.80 Å². The Hall–Kier alpha value is -3.53. The molecule has 3 aliphatic rings. The Morgan fingerprint density at radius 1 is 0.907 bits per heavy atom. The summed E-state index contributed by atoms with van der Waals surface area (Å²) in [7, 11) is 0. The maximum Gasteiger partial charge on any atom is 0.251 e. The van der Waals surface area contributed by atoms with Gasteiger partial charge in [0.1, 0.15) is 11.7 Å². The van der Waals surface area contributed by atoms with Gasteiger partial charge >= 0.3 is 0 Å². The van der Waals surface area contributed by atoms with Gasteiger partial charge in [-0.3, -0.25) is 14.4 Å². The molecule has 9 nitrogen and oxygen atoms in total. The normalized spacial score (nSPS) is 22.8. The Bertz CT molecular complexity index is 1460. The maximum absolute atomic E-state index is 13.9. The zero-order valence-electron chi connectivity index (χ0n) is 24.7. The standard InChI is InChI=1S/C33H39BrN6O3/c1-2-3-7-23-10-14-27(15-11-23)39-21-24(20-31(39)41)32(42)38-18-5-4-8-29(38)28-22-40(36-35-28)30-9-6-19-37(33(30)43)26-16-12-25(34)13-17-26/h10-17,22,24,29-30H,2-9,18-21H2,1H3. The van der Waals surface area contributed by atoms with Crippen molar-refractivity contribution in [2.75, 3.05) is 29.4 Å². The van der Waals surface area contributed by atoms with Gasteiger partial charge in [0.2, 0.25) is 11.8 Å². The highest BCUT2D eigenvalue weighted by Gasteiger charge is 2.41. The first-order valence-corrected chi connectivity index (χ1v) is 16.4. The molecule has 3 saturated heterocycles. The highest BCUT2D eigenvalue weighted by atomic mass is 79.9. The Morgan fingerprint density at radius 3 is 2.40 bits per heavy atom. The summed E-state index contributed by atoms with van der Waals surface area (Å²) in [4.78, 5) is 45.9. The number of carbonyl (C=O) groups is 3. The molecule has 226 valence electrons. The van der Waals surface area contributed by atoms with Crippen LogP contribution in [0.15, 0.2) is 59.2 Å². The molecule has 0 N–H and O–H groups in total. The van der Waals surface area contributed by atoms with Crippen LogP contribution in [0.25, 0.3) is 0 Å². The third-order valence-corrected chi connectivity index (χ3v) is 9.59. The number of likely N-dealkylation sites (tertiary alicyclic amines) is 1. The fourth-order valence-corrected chi connectivity index (χ4v) is 6.92. The molecule has 1 aromatic heterocycles. The van der Waals surface area contributed by atoms with E-state index in [2.05, 4.69) is 45.3 Å². The number of unbranched alkanes of at least 4 members (excludes halogenated alkanes) is 1. The molecule has 0 radical (unpaired) electrons. The predicted molar refractivity (Wildman–Crippen MR) is 169 cm³/mol. The van der Waals surface area contributed by atoms with Gasteiger partial charge in [0.05, 0.1) is 18.2 Å². The van der Waals surface area contributed by atoms with Crippen LogP contribution >= 0.6 is 15.9 Å². The van der Waals surface area contributed by atoms with Crippen molar-refractivity contribution in [3.63, 3.8) is 0 Å². The molecule has 3 fully saturated rings. The minimum atomic E-state index is -0.430. The fraction of sp³-hybridized carbons (Fsp3) is 0.485. The highest BCUT2D eigenvalue weighted by molar-refractivity contribution is 9.10. The number of carbonyl (C=O) groups excluding carboxylic acids is 3. The molecule has 2 aromatic carbocycles. The first-order chi connectivity index (χ1) is 20.9. The summed E-state index contributed by atoms with van der Waals surface area (Å²) in [6.07, 6.45) is 9.65. The van der Waals surface area contributed by atoms with Crippen molar-refractivity contribution in [3.8, 4) is 0 Å². The molecular formula is C33H39BrN6O3. The van der Waals surface area contributed by atoms with Crippen LogP contribution in [-0.2, 0) is 20.8 Å². The van der Waals surface area contributed by atoms with Gasteiger partial charge in [-0.25, -0.2) is 4.68 Å². The Kier molecular flexibility index (Phi) is 8.93. The van der Waals surface area contributed by atoms with Crippen LogP contribution in [-0.4, -0.2) is 57.2 Å². The lowest BCUT2D eigenvalue weighted by Gasteiger charge is -2.36. The number of benzene rings is 2. The average molecular weight is 648 g/mol. The maximum atomic E-state index is 13.9. The first-order valence-electron chi connectivity index (χ1n) is 15.6. The van der Waals surface area contributed by atoms with Gasteiger partial charge in [-0.15, -0.1) is 5.10 Å². The molecule has 6 rings (SSSR count). The van der Waals surface area contributed by atoms with E-state index in [4.69, 9.17) is 0 Å². The van der Waals surface area contributed by atoms with Gasteiger partial charge in [0.15, 0.2) is 0 Å². The molecule has 0 aliphatic carbocycles. The number of hydrogen-bond acceptors (Lipinski definition) is 5. The van der Waals surface area contributed by atoms with Crippen LogP contribution in [0.1, 0.15) is 81.6 Å². The Balaban J connectivity index is 1.14. The third kappa shape index (κ3) is 6.25. The minimum absolute atomic E-state index is 0.00422. The summed E-state index contributed by atoms with van der Waals surface area (Å²) in [5, 5.41) is 8.89. The summed E-state index contributed by atoms with van der Waals surface area (Å²) in [5.74, 6) is -0.387. The number of halogens is 1. The SMILES string of the molecule is CCCCc1ccc(N2CC(C(=O)N3CCCCC3c3cn(C4CCCN(c5ccc(Br)cc5)C4=O)nn3)CC2=O)cc1. The number of anilines is 2. The Labute approximate surface area is 261 Å². The number of aryl methyl sites for hydroxylation is 1. The van der Waals surface area contributed by atoms with E-state index in [9.17, 15) is 14.4 Å². The van der Waals surface area contributed by atoms with Gasteiger partial charge in [0.25, 0.3) is 5.91 Å². The molecule has 4 heterocycles. The fourth-order valence-electron chi connectivity index (χ4n) is 6.66. The summed E-state index contributed by atoms with van der Waals surface area (Å²) in [5.41, 5.74) is 3.71. The van der Waals surface area contributed by atoms with Crippen LogP contribution in [0.4, 0.5) is 11.4 Å². The second-order valence-corrected chi connectivity index (χ2v) is 12.9. The van der Waals surface area contributed by atoms with Crippen molar-refractivity contribution in [1.82, 2.24) is 19.9 Å². The van der Waals surface area contributed by atoms with E-state index in [0.29, 0.717) is 31.7 Å². The van der Waals surface area contributed by atoms with E-state index in [1.165, 1.54) is 5.56 Å². The number of aromatic nitrogens is 3. The topological polar surface area (TPSA) is 91.6 Å². The number of hydrogen-bond donors (Lipinski definition) is 0. The minimum Gasteiger partial charge on any atom is -0.334 e. The van der Waals surface area contributed by atoms with Gasteiger partial charge in [-0.1, -0.05) is 46.6 Å². The lowest BCUT2D eigenvalue weighted by Crippen LogP contribution is -2.43. The van der Waals surface area contributed by atoms with Crippen LogP contribution in [0.2, 0.25) is 0 Å². The smallest absolute Gasteiger partial charge is 0.251 e. The van der Waals surface area contributed by atoms with Gasteiger partial charge < -0.3 is 14.7 Å². The van der Waals surface area contributed by atoms with E-state index in [-0.39, 0.29) is 36.1 Å². The lowest BCUT2D eigenvalue weighted by molar-refractivity contribution is -0.139. The molecule has 3 unspecified atom stereocenters. The first kappa shape index (κ1) is 29.5. The van der Waals surface area contributed by atoms with Gasteiger partial charge in [-0.05, 0) is 86.9 Å². The summed E-state index contributed by atoms with van der Waals surface area (Å²) in [6.45, 7) is 3.88. The van der Waals surface area contributed by atoms with Crippen molar-refractivity contribution in [2.45, 2.75) is 76.8 Å². The second-order valence-electron chi connectivity index (χ2n) is 12.0. The number of amides is 3. The average Bonchev–Trinajstić information content (AvgIpc) is 3.68. The van der Waals surface area contributed by atoms with Gasteiger partial charge in [-0.2, -0.15) is 0 Å². The summed E-state index contributed by atoms with van der Waals surface area (Å²) < 4.78 is 2.65. The van der Waals surface area contributed by atoms with Gasteiger partial charge in [0, 0.05) is 41.9 Å². The van der Waals surface area contributed by atoms with Crippen molar-refractivity contribution in [3.05, 3.63) is 70.5 Å². The van der Waals surface area contributed by atoms with E-state index in [1.807, 2.05) is 52.4 Å². The van der Waals surface area contributed by atoms with E-state index in [0.717, 1.165) is 60.8 Å². The third-order valence-electron chi connectivity index (χ3n) is 9.06. The van der Waals surface area contributed by atoms with E-state index in [1.54, 1.807) is 9.58 Å². The van der Waals surface area contributed by atoms with Crippen molar-refractivity contribution in [1.29, 1.82) is 0 Å². The number of rotatable bonds is 8. The van der Waals surface area contributed by atoms with Crippen molar-refractivity contribution in [2.24, 2.45) is 5.92 Å². The predicted octanol–water partition coefficient (Wildman–Crippen LogP) is 5.86. The molecule has 0 spiro atoms. The molecule has 10 heteroatoms. The zero-order chi connectivity index (χ0) is 29.9. The highest BCUT2D eigenvalue weighted by Crippen LogP contribution is 2.35. The molecule has 43 heavy (non-hydrogen) atoms. The van der Waals surface area contributed by atoms with Crippen molar-refractivity contribution < 1.29 is 14.4 Å². The summed E-state index contributed by atoms with van der Waals surface area (Å²) >= 11 is 3.46. The molecular weight excluding hydrogens is 608 g/mol. The van der Waals surface area contributed by atoms with Crippen LogP contribution in [0.3, 0.4) is 0 Å². The molecule has 3 aliphatic heterocycles. The van der Waals surface area contributed by atoms with E-state index < -0.39 is 6.04 Å². The molecule has 3 atom stereocenters. The molecule has 0 bridgehead atoms. The zero-order valence-corrected chi connectivity index (χ0v) is 26.3. The number of piperidine rings is 2. The molecule has 3 amide bonds. The number of nitrogens with zero attached hydrogens (tertiary/aromatic N) is 6. The largest absolute Gasteiger partial charge is 0.334 e.